The minimum absolute atomic E-state index is 0.114. The monoisotopic (exact) mass is 407 g/mol. The number of nitrogens with zero attached hydrogens (tertiary/aromatic N) is 1. The SMILES string of the molecule is COC(=O)C1=CN([C@H](C)c2ccccc2)C=C(C(=O)OC)C1c1cccc(OC)c1. The Morgan fingerprint density at radius 1 is 0.867 bits per heavy atom. The van der Waals surface area contributed by atoms with Crippen molar-refractivity contribution in [1.82, 2.24) is 4.90 Å². The average molecular weight is 407 g/mol. The molecule has 2 aromatic carbocycles. The Balaban J connectivity index is 2.14. The first-order valence-electron chi connectivity index (χ1n) is 9.56. The molecule has 3 rings (SSSR count). The summed E-state index contributed by atoms with van der Waals surface area (Å²) in [4.78, 5) is 27.3. The Hall–Kier alpha value is -3.54. The van der Waals surface area contributed by atoms with Gasteiger partial charge in [0.1, 0.15) is 5.75 Å². The molecule has 1 aliphatic rings. The second-order valence-corrected chi connectivity index (χ2v) is 6.90. The minimum atomic E-state index is -0.640. The van der Waals surface area contributed by atoms with E-state index >= 15 is 0 Å². The quantitative estimate of drug-likeness (QED) is 0.675. The molecule has 2 aromatic rings. The number of hydrogen-bond acceptors (Lipinski definition) is 6. The predicted octanol–water partition coefficient (Wildman–Crippen LogP) is 3.97. The lowest BCUT2D eigenvalue weighted by atomic mass is 9.83. The molecule has 0 unspecified atom stereocenters. The van der Waals surface area contributed by atoms with Crippen LogP contribution in [-0.2, 0) is 19.1 Å². The second kappa shape index (κ2) is 9.31. The van der Waals surface area contributed by atoms with Crippen molar-refractivity contribution >= 4 is 11.9 Å². The Morgan fingerprint density at radius 2 is 1.47 bits per heavy atom. The molecular weight excluding hydrogens is 382 g/mol. The van der Waals surface area contributed by atoms with Gasteiger partial charge in [0.25, 0.3) is 0 Å². The van der Waals surface area contributed by atoms with Crippen molar-refractivity contribution in [2.45, 2.75) is 18.9 Å². The number of hydrogen-bond donors (Lipinski definition) is 0. The minimum Gasteiger partial charge on any atom is -0.497 e. The maximum atomic E-state index is 12.7. The van der Waals surface area contributed by atoms with Crippen LogP contribution in [0.25, 0.3) is 0 Å². The number of benzene rings is 2. The van der Waals surface area contributed by atoms with Crippen LogP contribution < -0.4 is 4.74 Å². The molecule has 0 fully saturated rings. The maximum Gasteiger partial charge on any atom is 0.336 e. The van der Waals surface area contributed by atoms with E-state index in [9.17, 15) is 9.59 Å². The summed E-state index contributed by atoms with van der Waals surface area (Å²) in [5.74, 6) is -1.04. The van der Waals surface area contributed by atoms with Crippen LogP contribution in [0.4, 0.5) is 0 Å². The van der Waals surface area contributed by atoms with Crippen LogP contribution in [0.5, 0.6) is 5.75 Å². The fraction of sp³-hybridized carbons (Fsp3) is 0.250. The standard InChI is InChI=1S/C24H25NO5/c1-16(17-9-6-5-7-10-17)25-14-20(23(26)29-3)22(21(15-25)24(27)30-4)18-11-8-12-19(13-18)28-2/h5-16,22H,1-4H3/t16-/m1/s1. The van der Waals surface area contributed by atoms with Crippen LogP contribution in [0.1, 0.15) is 30.0 Å². The molecule has 0 bridgehead atoms. The Bertz CT molecular complexity index is 946. The molecule has 0 spiro atoms. The highest BCUT2D eigenvalue weighted by Crippen LogP contribution is 2.40. The van der Waals surface area contributed by atoms with Crippen molar-refractivity contribution in [2.24, 2.45) is 0 Å². The lowest BCUT2D eigenvalue weighted by Gasteiger charge is -2.33. The van der Waals surface area contributed by atoms with Crippen molar-refractivity contribution in [3.63, 3.8) is 0 Å². The highest BCUT2D eigenvalue weighted by atomic mass is 16.5. The van der Waals surface area contributed by atoms with E-state index in [1.165, 1.54) is 14.2 Å². The van der Waals surface area contributed by atoms with E-state index in [1.54, 1.807) is 31.6 Å². The molecule has 6 nitrogen and oxygen atoms in total. The first-order chi connectivity index (χ1) is 14.5. The Kier molecular flexibility index (Phi) is 6.57. The zero-order valence-electron chi connectivity index (χ0n) is 17.5. The van der Waals surface area contributed by atoms with Gasteiger partial charge in [0.05, 0.1) is 44.4 Å². The van der Waals surface area contributed by atoms with Gasteiger partial charge in [-0.1, -0.05) is 42.5 Å². The van der Waals surface area contributed by atoms with Gasteiger partial charge in [-0.05, 0) is 30.2 Å². The van der Waals surface area contributed by atoms with E-state index in [0.29, 0.717) is 16.9 Å². The molecule has 1 heterocycles. The van der Waals surface area contributed by atoms with Crippen molar-refractivity contribution in [2.75, 3.05) is 21.3 Å². The first-order valence-corrected chi connectivity index (χ1v) is 9.56. The molecule has 6 heteroatoms. The van der Waals surface area contributed by atoms with Gasteiger partial charge < -0.3 is 19.1 Å². The molecule has 0 amide bonds. The lowest BCUT2D eigenvalue weighted by molar-refractivity contribution is -0.137. The van der Waals surface area contributed by atoms with Crippen LogP contribution in [-0.4, -0.2) is 38.2 Å². The molecule has 0 saturated carbocycles. The molecule has 1 aliphatic heterocycles. The summed E-state index contributed by atoms with van der Waals surface area (Å²) in [5, 5.41) is 0. The molecule has 0 N–H and O–H groups in total. The summed E-state index contributed by atoms with van der Waals surface area (Å²) in [5.41, 5.74) is 2.46. The zero-order valence-corrected chi connectivity index (χ0v) is 17.5. The van der Waals surface area contributed by atoms with Gasteiger partial charge >= 0.3 is 11.9 Å². The van der Waals surface area contributed by atoms with Gasteiger partial charge in [-0.15, -0.1) is 0 Å². The number of rotatable bonds is 6. The van der Waals surface area contributed by atoms with Gasteiger partial charge in [-0.25, -0.2) is 9.59 Å². The third kappa shape index (κ3) is 4.22. The van der Waals surface area contributed by atoms with E-state index in [-0.39, 0.29) is 6.04 Å². The number of esters is 2. The van der Waals surface area contributed by atoms with Crippen LogP contribution in [0, 0.1) is 0 Å². The molecule has 0 saturated heterocycles. The van der Waals surface area contributed by atoms with Crippen LogP contribution in [0.3, 0.4) is 0 Å². The molecule has 0 aromatic heterocycles. The second-order valence-electron chi connectivity index (χ2n) is 6.90. The van der Waals surface area contributed by atoms with E-state index in [0.717, 1.165) is 11.1 Å². The van der Waals surface area contributed by atoms with Gasteiger partial charge in [0, 0.05) is 12.4 Å². The van der Waals surface area contributed by atoms with Gasteiger partial charge in [-0.3, -0.25) is 0 Å². The van der Waals surface area contributed by atoms with E-state index < -0.39 is 17.9 Å². The van der Waals surface area contributed by atoms with Gasteiger partial charge in [-0.2, -0.15) is 0 Å². The van der Waals surface area contributed by atoms with Crippen molar-refractivity contribution in [1.29, 1.82) is 0 Å². The molecule has 30 heavy (non-hydrogen) atoms. The van der Waals surface area contributed by atoms with Crippen LogP contribution in [0.2, 0.25) is 0 Å². The topological polar surface area (TPSA) is 65.1 Å². The lowest BCUT2D eigenvalue weighted by Crippen LogP contribution is -2.30. The fourth-order valence-corrected chi connectivity index (χ4v) is 3.56. The van der Waals surface area contributed by atoms with E-state index in [4.69, 9.17) is 14.2 Å². The summed E-state index contributed by atoms with van der Waals surface area (Å²) in [6, 6.07) is 17.0. The summed E-state index contributed by atoms with van der Waals surface area (Å²) in [7, 11) is 4.22. The van der Waals surface area contributed by atoms with Gasteiger partial charge in [0.15, 0.2) is 0 Å². The van der Waals surface area contributed by atoms with E-state index in [1.807, 2.05) is 54.3 Å². The van der Waals surface area contributed by atoms with Crippen LogP contribution in [0.15, 0.2) is 78.1 Å². The summed E-state index contributed by atoms with van der Waals surface area (Å²) < 4.78 is 15.4. The summed E-state index contributed by atoms with van der Waals surface area (Å²) >= 11 is 0. The average Bonchev–Trinajstić information content (AvgIpc) is 2.82. The van der Waals surface area contributed by atoms with Crippen molar-refractivity contribution < 1.29 is 23.8 Å². The molecule has 1 atom stereocenters. The first kappa shape index (κ1) is 21.2. The van der Waals surface area contributed by atoms with Gasteiger partial charge in [0.2, 0.25) is 0 Å². The number of carbonyl (C=O) groups excluding carboxylic acids is 2. The smallest absolute Gasteiger partial charge is 0.336 e. The van der Waals surface area contributed by atoms with Crippen LogP contribution >= 0.6 is 0 Å². The van der Waals surface area contributed by atoms with Crippen molar-refractivity contribution in [3.8, 4) is 5.75 Å². The third-order valence-corrected chi connectivity index (χ3v) is 5.20. The number of methoxy groups -OCH3 is 3. The zero-order chi connectivity index (χ0) is 21.7. The highest BCUT2D eigenvalue weighted by molar-refractivity contribution is 5.98. The largest absolute Gasteiger partial charge is 0.497 e. The Morgan fingerprint density at radius 3 is 2.00 bits per heavy atom. The molecule has 156 valence electrons. The molecule has 0 radical (unpaired) electrons. The molecule has 0 aliphatic carbocycles. The third-order valence-electron chi connectivity index (χ3n) is 5.20. The normalized spacial score (nSPS) is 15.0. The summed E-state index contributed by atoms with van der Waals surface area (Å²) in [6.45, 7) is 2.00. The predicted molar refractivity (Wildman–Crippen MR) is 113 cm³/mol. The van der Waals surface area contributed by atoms with E-state index in [2.05, 4.69) is 0 Å². The fourth-order valence-electron chi connectivity index (χ4n) is 3.56. The highest BCUT2D eigenvalue weighted by Gasteiger charge is 2.36. The number of carbonyl (C=O) groups is 2. The summed E-state index contributed by atoms with van der Waals surface area (Å²) in [6.07, 6.45) is 3.47. The van der Waals surface area contributed by atoms with Crippen molar-refractivity contribution in [3.05, 3.63) is 89.3 Å². The number of ether oxygens (including phenoxy) is 3. The Labute approximate surface area is 176 Å². The maximum absolute atomic E-state index is 12.7. The molecular formula is C24H25NO5.